The zero-order chi connectivity index (χ0) is 16.0. The first-order chi connectivity index (χ1) is 9.81. The lowest BCUT2D eigenvalue weighted by Crippen LogP contribution is -2.32. The lowest BCUT2D eigenvalue weighted by atomic mass is 10.0. The van der Waals surface area contributed by atoms with Gasteiger partial charge in [0.15, 0.2) is 0 Å². The fourth-order valence-electron chi connectivity index (χ4n) is 1.90. The Morgan fingerprint density at radius 2 is 2.00 bits per heavy atom. The van der Waals surface area contributed by atoms with Crippen LogP contribution in [0.4, 0.5) is 0 Å². The molecule has 0 aliphatic rings. The van der Waals surface area contributed by atoms with E-state index in [1.54, 1.807) is 25.1 Å². The highest BCUT2D eigenvalue weighted by Gasteiger charge is 2.15. The smallest absolute Gasteiger partial charge is 0.306 e. The second kappa shape index (κ2) is 8.39. The molecule has 0 radical (unpaired) electrons. The highest BCUT2D eigenvalue weighted by atomic mass is 79.9. The van der Waals surface area contributed by atoms with Gasteiger partial charge in [-0.1, -0.05) is 40.9 Å². The van der Waals surface area contributed by atoms with Gasteiger partial charge in [0.2, 0.25) is 0 Å². The third-order valence-electron chi connectivity index (χ3n) is 3.25. The van der Waals surface area contributed by atoms with Gasteiger partial charge in [-0.15, -0.1) is 0 Å². The molecule has 21 heavy (non-hydrogen) atoms. The molecule has 1 rings (SSSR count). The molecule has 0 saturated heterocycles. The molecule has 0 bridgehead atoms. The standard InChI is InChI=1S/C15H19BrClNO3/c1-9(15(20)21)4-3-5-10(2)18-14(19)12-8-11(16)6-7-13(12)17/h6-10H,3-5H2,1-2H3,(H,18,19)(H,20,21). The summed E-state index contributed by atoms with van der Waals surface area (Å²) < 4.78 is 0.792. The van der Waals surface area contributed by atoms with Gasteiger partial charge in [0.05, 0.1) is 16.5 Å². The van der Waals surface area contributed by atoms with E-state index in [0.29, 0.717) is 17.0 Å². The van der Waals surface area contributed by atoms with Gasteiger partial charge in [-0.05, 0) is 38.0 Å². The summed E-state index contributed by atoms with van der Waals surface area (Å²) in [6.45, 7) is 3.59. The Morgan fingerprint density at radius 3 is 2.62 bits per heavy atom. The summed E-state index contributed by atoms with van der Waals surface area (Å²) in [4.78, 5) is 22.8. The van der Waals surface area contributed by atoms with Crippen LogP contribution in [0.1, 0.15) is 43.5 Å². The summed E-state index contributed by atoms with van der Waals surface area (Å²) in [7, 11) is 0. The van der Waals surface area contributed by atoms with E-state index in [9.17, 15) is 9.59 Å². The predicted octanol–water partition coefficient (Wildman–Crippen LogP) is 4.11. The third kappa shape index (κ3) is 6.06. The summed E-state index contributed by atoms with van der Waals surface area (Å²) in [5.74, 6) is -1.36. The predicted molar refractivity (Wildman–Crippen MR) is 86.7 cm³/mol. The lowest BCUT2D eigenvalue weighted by Gasteiger charge is -2.15. The Hall–Kier alpha value is -1.07. The van der Waals surface area contributed by atoms with E-state index in [2.05, 4.69) is 21.2 Å². The molecular formula is C15H19BrClNO3. The molecule has 1 amide bonds. The van der Waals surface area contributed by atoms with Crippen LogP contribution in [-0.2, 0) is 4.79 Å². The van der Waals surface area contributed by atoms with Gasteiger partial charge in [-0.2, -0.15) is 0 Å². The second-order valence-electron chi connectivity index (χ2n) is 5.17. The number of nitrogens with one attached hydrogen (secondary N) is 1. The second-order valence-corrected chi connectivity index (χ2v) is 6.49. The highest BCUT2D eigenvalue weighted by Crippen LogP contribution is 2.21. The summed E-state index contributed by atoms with van der Waals surface area (Å²) >= 11 is 9.32. The van der Waals surface area contributed by atoms with Gasteiger partial charge >= 0.3 is 5.97 Å². The number of aliphatic carboxylic acids is 1. The minimum atomic E-state index is -0.785. The molecule has 1 aromatic carbocycles. The number of hydrogen-bond acceptors (Lipinski definition) is 2. The Balaban J connectivity index is 2.47. The SMILES string of the molecule is CC(CCCC(C)C(=O)O)NC(=O)c1cc(Br)ccc1Cl. The molecule has 0 aliphatic heterocycles. The first-order valence-electron chi connectivity index (χ1n) is 6.80. The molecule has 6 heteroatoms. The average molecular weight is 377 g/mol. The number of carboxylic acids is 1. The summed E-state index contributed by atoms with van der Waals surface area (Å²) in [5, 5.41) is 12.1. The fraction of sp³-hybridized carbons (Fsp3) is 0.467. The van der Waals surface area contributed by atoms with Crippen molar-refractivity contribution in [3.05, 3.63) is 33.3 Å². The zero-order valence-corrected chi connectivity index (χ0v) is 14.4. The van der Waals surface area contributed by atoms with Gasteiger partial charge in [-0.25, -0.2) is 0 Å². The maximum Gasteiger partial charge on any atom is 0.306 e. The van der Waals surface area contributed by atoms with Crippen LogP contribution in [0.15, 0.2) is 22.7 Å². The van der Waals surface area contributed by atoms with Gasteiger partial charge in [-0.3, -0.25) is 9.59 Å². The quantitative estimate of drug-likeness (QED) is 0.752. The number of rotatable bonds is 7. The third-order valence-corrected chi connectivity index (χ3v) is 4.07. The fourth-order valence-corrected chi connectivity index (χ4v) is 2.46. The summed E-state index contributed by atoms with van der Waals surface area (Å²) in [5.41, 5.74) is 0.428. The molecule has 4 nitrogen and oxygen atoms in total. The van der Waals surface area contributed by atoms with E-state index < -0.39 is 5.97 Å². The molecule has 0 fully saturated rings. The summed E-state index contributed by atoms with van der Waals surface area (Å²) in [6, 6.07) is 5.08. The molecule has 0 heterocycles. The van der Waals surface area contributed by atoms with Crippen molar-refractivity contribution in [3.63, 3.8) is 0 Å². The first-order valence-corrected chi connectivity index (χ1v) is 7.97. The molecule has 2 atom stereocenters. The molecule has 0 spiro atoms. The van der Waals surface area contributed by atoms with E-state index in [1.165, 1.54) is 0 Å². The van der Waals surface area contributed by atoms with E-state index in [-0.39, 0.29) is 17.9 Å². The normalized spacial score (nSPS) is 13.5. The Morgan fingerprint density at radius 1 is 1.33 bits per heavy atom. The van der Waals surface area contributed by atoms with Crippen LogP contribution in [0.2, 0.25) is 5.02 Å². The molecule has 0 aliphatic carbocycles. The number of halogens is 2. The Labute approximate surface area is 138 Å². The van der Waals surface area contributed by atoms with Crippen LogP contribution in [0.3, 0.4) is 0 Å². The van der Waals surface area contributed by atoms with Gasteiger partial charge < -0.3 is 10.4 Å². The number of carboxylic acid groups (broad SMARTS) is 1. The molecule has 2 N–H and O–H groups in total. The summed E-state index contributed by atoms with van der Waals surface area (Å²) in [6.07, 6.45) is 2.09. The van der Waals surface area contributed by atoms with Crippen LogP contribution in [0, 0.1) is 5.92 Å². The van der Waals surface area contributed by atoms with Gasteiger partial charge in [0, 0.05) is 10.5 Å². The van der Waals surface area contributed by atoms with Crippen LogP contribution in [0.5, 0.6) is 0 Å². The number of amides is 1. The number of benzene rings is 1. The highest BCUT2D eigenvalue weighted by molar-refractivity contribution is 9.10. The topological polar surface area (TPSA) is 66.4 Å². The maximum absolute atomic E-state index is 12.1. The van der Waals surface area contributed by atoms with Crippen molar-refractivity contribution < 1.29 is 14.7 Å². The largest absolute Gasteiger partial charge is 0.481 e. The van der Waals surface area contributed by atoms with Crippen molar-refractivity contribution in [2.75, 3.05) is 0 Å². The lowest BCUT2D eigenvalue weighted by molar-refractivity contribution is -0.141. The van der Waals surface area contributed by atoms with Crippen LogP contribution < -0.4 is 5.32 Å². The number of carbonyl (C=O) groups excluding carboxylic acids is 1. The molecule has 0 saturated carbocycles. The first kappa shape index (κ1) is 18.0. The van der Waals surface area contributed by atoms with E-state index in [0.717, 1.165) is 17.3 Å². The van der Waals surface area contributed by atoms with E-state index >= 15 is 0 Å². The van der Waals surface area contributed by atoms with Crippen molar-refractivity contribution in [1.29, 1.82) is 0 Å². The van der Waals surface area contributed by atoms with Crippen molar-refractivity contribution in [2.24, 2.45) is 5.92 Å². The average Bonchev–Trinajstić information content (AvgIpc) is 2.41. The minimum Gasteiger partial charge on any atom is -0.481 e. The molecule has 0 aromatic heterocycles. The molecule has 2 unspecified atom stereocenters. The monoisotopic (exact) mass is 375 g/mol. The zero-order valence-electron chi connectivity index (χ0n) is 12.0. The Kier molecular flexibility index (Phi) is 7.18. The van der Waals surface area contributed by atoms with E-state index in [4.69, 9.17) is 16.7 Å². The minimum absolute atomic E-state index is 0.0338. The number of carbonyl (C=O) groups is 2. The maximum atomic E-state index is 12.1. The van der Waals surface area contributed by atoms with Crippen molar-refractivity contribution in [1.82, 2.24) is 5.32 Å². The molecule has 116 valence electrons. The van der Waals surface area contributed by atoms with E-state index in [1.807, 2.05) is 6.92 Å². The Bertz CT molecular complexity index is 522. The molecule has 1 aromatic rings. The molecular weight excluding hydrogens is 358 g/mol. The van der Waals surface area contributed by atoms with Crippen LogP contribution >= 0.6 is 27.5 Å². The van der Waals surface area contributed by atoms with Crippen molar-refractivity contribution in [2.45, 2.75) is 39.2 Å². The van der Waals surface area contributed by atoms with Crippen LogP contribution in [0.25, 0.3) is 0 Å². The van der Waals surface area contributed by atoms with Gasteiger partial charge in [0.1, 0.15) is 0 Å². The van der Waals surface area contributed by atoms with Crippen LogP contribution in [-0.4, -0.2) is 23.0 Å². The van der Waals surface area contributed by atoms with Crippen molar-refractivity contribution in [3.8, 4) is 0 Å². The number of hydrogen-bond donors (Lipinski definition) is 2. The van der Waals surface area contributed by atoms with Crippen molar-refractivity contribution >= 4 is 39.4 Å². The van der Waals surface area contributed by atoms with Gasteiger partial charge in [0.25, 0.3) is 5.91 Å².